The Balaban J connectivity index is 3.68. The summed E-state index contributed by atoms with van der Waals surface area (Å²) in [4.78, 5) is 27.5. The summed E-state index contributed by atoms with van der Waals surface area (Å²) < 4.78 is 4.54. The Morgan fingerprint density at radius 1 is 1.17 bits per heavy atom. The van der Waals surface area contributed by atoms with Crippen molar-refractivity contribution in [2.75, 3.05) is 0 Å². The average Bonchev–Trinajstić information content (AvgIpc) is 1.79. The van der Waals surface area contributed by atoms with Crippen molar-refractivity contribution in [3.63, 3.8) is 0 Å². The van der Waals surface area contributed by atoms with Crippen molar-refractivity contribution in [3.05, 3.63) is 0 Å². The van der Waals surface area contributed by atoms with Crippen molar-refractivity contribution in [3.8, 4) is 0 Å². The first kappa shape index (κ1) is 10.5. The van der Waals surface area contributed by atoms with Crippen molar-refractivity contribution < 1.29 is 29.2 Å². The predicted molar refractivity (Wildman–Crippen MR) is 36.4 cm³/mol. The number of carbonyl (C=O) groups excluding carboxylic acids is 1. The van der Waals surface area contributed by atoms with Crippen molar-refractivity contribution >= 4 is 12.3 Å². The highest BCUT2D eigenvalue weighted by Crippen LogP contribution is 2.07. The van der Waals surface area contributed by atoms with Gasteiger partial charge in [0.2, 0.25) is 0 Å². The minimum Gasteiger partial charge on any atom is -0.447 e. The lowest BCUT2D eigenvalue weighted by Crippen LogP contribution is -2.25. The maximum Gasteiger partial charge on any atom is 0.550 e. The normalized spacial score (nSPS) is 10.2. The third-order valence-electron chi connectivity index (χ3n) is 0.571. The number of carboxylic acid groups (broad SMARTS) is 1. The lowest BCUT2D eigenvalue weighted by molar-refractivity contribution is -0.221. The SMILES string of the molecule is CC(C)(C)OC(=O)OOC(=O)O. The topological polar surface area (TPSA) is 82.1 Å². The first-order chi connectivity index (χ1) is 5.31. The first-order valence-electron chi connectivity index (χ1n) is 3.12. The quantitative estimate of drug-likeness (QED) is 0.344. The molecule has 0 aromatic rings. The minimum absolute atomic E-state index is 0.737. The van der Waals surface area contributed by atoms with Gasteiger partial charge < -0.3 is 9.84 Å². The molecule has 6 heteroatoms. The van der Waals surface area contributed by atoms with Gasteiger partial charge in [-0.15, -0.1) is 0 Å². The van der Waals surface area contributed by atoms with Gasteiger partial charge in [0.25, 0.3) is 0 Å². The lowest BCUT2D eigenvalue weighted by Gasteiger charge is -2.17. The lowest BCUT2D eigenvalue weighted by atomic mass is 10.2. The molecular formula is C6H10O6. The van der Waals surface area contributed by atoms with Crippen LogP contribution in [0.15, 0.2) is 0 Å². The van der Waals surface area contributed by atoms with Gasteiger partial charge in [0.15, 0.2) is 0 Å². The summed E-state index contributed by atoms with van der Waals surface area (Å²) in [6.07, 6.45) is -2.90. The fourth-order valence-electron chi connectivity index (χ4n) is 0.337. The van der Waals surface area contributed by atoms with Gasteiger partial charge in [-0.2, -0.15) is 9.68 Å². The first-order valence-corrected chi connectivity index (χ1v) is 3.12. The van der Waals surface area contributed by atoms with E-state index < -0.39 is 17.9 Å². The molecule has 70 valence electrons. The maximum atomic E-state index is 10.5. The van der Waals surface area contributed by atoms with Crippen LogP contribution in [-0.4, -0.2) is 23.0 Å². The standard InChI is InChI=1S/C6H10O6/c1-6(2,3)10-5(9)12-11-4(7)8/h1-3H3,(H,7,8). The summed E-state index contributed by atoms with van der Waals surface area (Å²) >= 11 is 0. The van der Waals surface area contributed by atoms with E-state index in [1.54, 1.807) is 20.8 Å². The van der Waals surface area contributed by atoms with Crippen molar-refractivity contribution in [1.29, 1.82) is 0 Å². The number of hydrogen-bond acceptors (Lipinski definition) is 5. The predicted octanol–water partition coefficient (Wildman–Crippen LogP) is 1.55. The Hall–Kier alpha value is -1.46. The van der Waals surface area contributed by atoms with E-state index in [1.165, 1.54) is 0 Å². The second-order valence-corrected chi connectivity index (χ2v) is 2.90. The van der Waals surface area contributed by atoms with Crippen LogP contribution < -0.4 is 0 Å². The molecule has 0 aliphatic rings. The second kappa shape index (κ2) is 3.80. The highest BCUT2D eigenvalue weighted by molar-refractivity contribution is 5.62. The summed E-state index contributed by atoms with van der Waals surface area (Å²) in [5.74, 6) is 0. The molecule has 6 nitrogen and oxygen atoms in total. The number of rotatable bonds is 0. The molecule has 0 aromatic carbocycles. The van der Waals surface area contributed by atoms with Crippen LogP contribution in [0.3, 0.4) is 0 Å². The van der Waals surface area contributed by atoms with Gasteiger partial charge in [-0.05, 0) is 20.8 Å². The van der Waals surface area contributed by atoms with Gasteiger partial charge in [0, 0.05) is 0 Å². The van der Waals surface area contributed by atoms with E-state index in [-0.39, 0.29) is 0 Å². The summed E-state index contributed by atoms with van der Waals surface area (Å²) in [5.41, 5.74) is -0.737. The average molecular weight is 178 g/mol. The summed E-state index contributed by atoms with van der Waals surface area (Å²) in [5, 5.41) is 7.91. The van der Waals surface area contributed by atoms with E-state index in [9.17, 15) is 9.59 Å². The molecule has 12 heavy (non-hydrogen) atoms. The van der Waals surface area contributed by atoms with Crippen LogP contribution in [0.4, 0.5) is 9.59 Å². The molecule has 0 heterocycles. The third kappa shape index (κ3) is 6.66. The molecule has 0 bridgehead atoms. The zero-order valence-corrected chi connectivity index (χ0v) is 6.99. The van der Waals surface area contributed by atoms with Crippen LogP contribution in [-0.2, 0) is 14.5 Å². The Morgan fingerprint density at radius 2 is 1.67 bits per heavy atom. The van der Waals surface area contributed by atoms with Crippen LogP contribution in [0.5, 0.6) is 0 Å². The Morgan fingerprint density at radius 3 is 2.00 bits per heavy atom. The molecule has 0 saturated heterocycles. The van der Waals surface area contributed by atoms with Crippen molar-refractivity contribution in [2.24, 2.45) is 0 Å². The molecule has 1 N–H and O–H groups in total. The number of ether oxygens (including phenoxy) is 1. The van der Waals surface area contributed by atoms with E-state index in [2.05, 4.69) is 14.5 Å². The second-order valence-electron chi connectivity index (χ2n) is 2.90. The van der Waals surface area contributed by atoms with Gasteiger partial charge in [-0.1, -0.05) is 0 Å². The number of hydrogen-bond donors (Lipinski definition) is 1. The van der Waals surface area contributed by atoms with E-state index in [0.717, 1.165) is 0 Å². The molecule has 0 amide bonds. The van der Waals surface area contributed by atoms with Crippen molar-refractivity contribution in [2.45, 2.75) is 26.4 Å². The molecule has 0 spiro atoms. The van der Waals surface area contributed by atoms with Gasteiger partial charge in [0.05, 0.1) is 0 Å². The van der Waals surface area contributed by atoms with Crippen molar-refractivity contribution in [1.82, 2.24) is 0 Å². The fraction of sp³-hybridized carbons (Fsp3) is 0.667. The Bertz CT molecular complexity index is 179. The van der Waals surface area contributed by atoms with Crippen LogP contribution in [0, 0.1) is 0 Å². The molecule has 0 radical (unpaired) electrons. The maximum absolute atomic E-state index is 10.5. The van der Waals surface area contributed by atoms with Crippen LogP contribution >= 0.6 is 0 Å². The largest absolute Gasteiger partial charge is 0.550 e. The van der Waals surface area contributed by atoms with E-state index in [4.69, 9.17) is 5.11 Å². The molecule has 0 fully saturated rings. The van der Waals surface area contributed by atoms with Gasteiger partial charge in [-0.25, -0.2) is 9.68 Å². The van der Waals surface area contributed by atoms with E-state index in [1.807, 2.05) is 0 Å². The fourth-order valence-corrected chi connectivity index (χ4v) is 0.337. The minimum atomic E-state index is -1.71. The zero-order valence-electron chi connectivity index (χ0n) is 6.99. The Kier molecular flexibility index (Phi) is 3.33. The summed E-state index contributed by atoms with van der Waals surface area (Å²) in [6, 6.07) is 0. The Labute approximate surface area is 69.0 Å². The molecule has 0 aliphatic heterocycles. The zero-order chi connectivity index (χ0) is 9.78. The van der Waals surface area contributed by atoms with E-state index in [0.29, 0.717) is 0 Å². The van der Waals surface area contributed by atoms with Gasteiger partial charge >= 0.3 is 12.3 Å². The third-order valence-corrected chi connectivity index (χ3v) is 0.571. The van der Waals surface area contributed by atoms with Gasteiger partial charge in [0.1, 0.15) is 5.60 Å². The molecular weight excluding hydrogens is 168 g/mol. The van der Waals surface area contributed by atoms with Gasteiger partial charge in [-0.3, -0.25) is 0 Å². The highest BCUT2D eigenvalue weighted by Gasteiger charge is 2.19. The van der Waals surface area contributed by atoms with E-state index >= 15 is 0 Å². The summed E-state index contributed by atoms with van der Waals surface area (Å²) in [7, 11) is 0. The molecule has 0 atom stereocenters. The summed E-state index contributed by atoms with van der Waals surface area (Å²) in [6.45, 7) is 4.82. The molecule has 0 unspecified atom stereocenters. The van der Waals surface area contributed by atoms with Crippen LogP contribution in [0.1, 0.15) is 20.8 Å². The number of carbonyl (C=O) groups is 2. The van der Waals surface area contributed by atoms with Crippen LogP contribution in [0.25, 0.3) is 0 Å². The molecule has 0 saturated carbocycles. The monoisotopic (exact) mass is 178 g/mol. The van der Waals surface area contributed by atoms with Crippen LogP contribution in [0.2, 0.25) is 0 Å². The molecule has 0 aliphatic carbocycles. The smallest absolute Gasteiger partial charge is 0.447 e. The molecule has 0 rings (SSSR count). The molecule has 0 aromatic heterocycles. The highest BCUT2D eigenvalue weighted by atomic mass is 17.3.